The zero-order chi connectivity index (χ0) is 16.2. The van der Waals surface area contributed by atoms with Crippen molar-refractivity contribution in [3.8, 4) is 0 Å². The maximum absolute atomic E-state index is 12.1. The van der Waals surface area contributed by atoms with Crippen molar-refractivity contribution in [2.24, 2.45) is 0 Å². The fourth-order valence-corrected chi connectivity index (χ4v) is 2.20. The van der Waals surface area contributed by atoms with Crippen molar-refractivity contribution in [1.29, 1.82) is 0 Å². The maximum atomic E-state index is 12.1. The molecule has 1 aromatic carbocycles. The highest BCUT2D eigenvalue weighted by molar-refractivity contribution is 5.95. The van der Waals surface area contributed by atoms with Crippen LogP contribution in [0.5, 0.6) is 0 Å². The number of nitrogens with zero attached hydrogens (tertiary/aromatic N) is 1. The summed E-state index contributed by atoms with van der Waals surface area (Å²) in [6, 6.07) is 3.84. The van der Waals surface area contributed by atoms with Crippen LogP contribution in [0.15, 0.2) is 12.1 Å². The van der Waals surface area contributed by atoms with Crippen LogP contribution in [0.1, 0.15) is 30.5 Å². The molecule has 5 nitrogen and oxygen atoms in total. The van der Waals surface area contributed by atoms with Gasteiger partial charge in [0.2, 0.25) is 5.91 Å². The van der Waals surface area contributed by atoms with Gasteiger partial charge in [0, 0.05) is 18.8 Å². The van der Waals surface area contributed by atoms with Crippen LogP contribution in [0.4, 0.5) is 10.5 Å². The van der Waals surface area contributed by atoms with Gasteiger partial charge < -0.3 is 15.5 Å². The number of carbonyl (C=O) groups is 2. The van der Waals surface area contributed by atoms with Crippen molar-refractivity contribution in [3.63, 3.8) is 0 Å². The van der Waals surface area contributed by atoms with Crippen LogP contribution >= 0.6 is 0 Å². The molecule has 0 heterocycles. The van der Waals surface area contributed by atoms with Crippen LogP contribution in [-0.2, 0) is 4.79 Å². The minimum atomic E-state index is -0.252. The molecule has 1 rings (SSSR count). The Labute approximate surface area is 126 Å². The number of nitrogens with one attached hydrogen (secondary N) is 2. The summed E-state index contributed by atoms with van der Waals surface area (Å²) in [6.45, 7) is 9.73. The highest BCUT2D eigenvalue weighted by Crippen LogP contribution is 2.21. The summed E-state index contributed by atoms with van der Waals surface area (Å²) in [7, 11) is 1.60. The first-order valence-corrected chi connectivity index (χ1v) is 7.10. The minimum absolute atomic E-state index is 0.0192. The Morgan fingerprint density at radius 1 is 1.14 bits per heavy atom. The minimum Gasteiger partial charge on any atom is -0.336 e. The summed E-state index contributed by atoms with van der Waals surface area (Å²) < 4.78 is 0. The maximum Gasteiger partial charge on any atom is 0.317 e. The van der Waals surface area contributed by atoms with Crippen molar-refractivity contribution in [2.75, 3.05) is 18.9 Å². The number of amides is 3. The summed E-state index contributed by atoms with van der Waals surface area (Å²) in [5.41, 5.74) is 4.03. The monoisotopic (exact) mass is 291 g/mol. The van der Waals surface area contributed by atoms with Crippen LogP contribution in [0.25, 0.3) is 0 Å². The Kier molecular flexibility index (Phi) is 5.76. The molecule has 5 heteroatoms. The molecule has 0 aliphatic heterocycles. The van der Waals surface area contributed by atoms with E-state index < -0.39 is 0 Å². The van der Waals surface area contributed by atoms with Gasteiger partial charge >= 0.3 is 6.03 Å². The third-order valence-electron chi connectivity index (χ3n) is 3.08. The van der Waals surface area contributed by atoms with Gasteiger partial charge in [0.25, 0.3) is 0 Å². The molecule has 2 N–H and O–H groups in total. The predicted octanol–water partition coefficient (Wildman–Crippen LogP) is 2.60. The van der Waals surface area contributed by atoms with Crippen LogP contribution in [-0.4, -0.2) is 36.5 Å². The lowest BCUT2D eigenvalue weighted by atomic mass is 10.1. The number of urea groups is 1. The van der Waals surface area contributed by atoms with Crippen LogP contribution in [0.3, 0.4) is 0 Å². The number of hydrogen-bond acceptors (Lipinski definition) is 2. The molecule has 0 aromatic heterocycles. The van der Waals surface area contributed by atoms with Gasteiger partial charge in [0.1, 0.15) is 6.54 Å². The summed E-state index contributed by atoms with van der Waals surface area (Å²) >= 11 is 0. The molecular formula is C16H25N3O2. The number of anilines is 1. The Hall–Kier alpha value is -2.04. The van der Waals surface area contributed by atoms with Crippen LogP contribution in [0, 0.1) is 20.8 Å². The van der Waals surface area contributed by atoms with E-state index in [1.165, 1.54) is 4.90 Å². The number of rotatable bonds is 4. The van der Waals surface area contributed by atoms with Gasteiger partial charge in [0.05, 0.1) is 0 Å². The molecular weight excluding hydrogens is 266 g/mol. The van der Waals surface area contributed by atoms with Crippen LogP contribution < -0.4 is 10.6 Å². The first-order valence-electron chi connectivity index (χ1n) is 7.10. The topological polar surface area (TPSA) is 61.4 Å². The SMILES string of the molecule is Cc1cc(C)c(NC(=O)CN(C)C(=O)NC(C)C)c(C)c1. The van der Waals surface area contributed by atoms with Crippen molar-refractivity contribution < 1.29 is 9.59 Å². The van der Waals surface area contributed by atoms with E-state index >= 15 is 0 Å². The molecule has 0 unspecified atom stereocenters. The lowest BCUT2D eigenvalue weighted by Gasteiger charge is -2.20. The summed E-state index contributed by atoms with van der Waals surface area (Å²) in [5.74, 6) is -0.202. The Morgan fingerprint density at radius 3 is 2.14 bits per heavy atom. The fraction of sp³-hybridized carbons (Fsp3) is 0.500. The number of carbonyl (C=O) groups excluding carboxylic acids is 2. The molecule has 0 fully saturated rings. The van der Waals surface area contributed by atoms with Gasteiger partial charge in [0.15, 0.2) is 0 Å². The molecule has 21 heavy (non-hydrogen) atoms. The molecule has 0 spiro atoms. The van der Waals surface area contributed by atoms with Gasteiger partial charge in [-0.25, -0.2) is 4.79 Å². The Bertz CT molecular complexity index is 515. The second-order valence-electron chi connectivity index (χ2n) is 5.78. The Balaban J connectivity index is 2.68. The van der Waals surface area contributed by atoms with E-state index in [2.05, 4.69) is 10.6 Å². The lowest BCUT2D eigenvalue weighted by Crippen LogP contribution is -2.44. The van der Waals surface area contributed by atoms with E-state index in [4.69, 9.17) is 0 Å². The summed E-state index contributed by atoms with van der Waals surface area (Å²) in [6.07, 6.45) is 0. The van der Waals surface area contributed by atoms with Gasteiger partial charge in [-0.3, -0.25) is 4.79 Å². The lowest BCUT2D eigenvalue weighted by molar-refractivity contribution is -0.116. The predicted molar refractivity (Wildman–Crippen MR) is 85.6 cm³/mol. The third kappa shape index (κ3) is 5.10. The van der Waals surface area contributed by atoms with E-state index in [0.717, 1.165) is 22.4 Å². The van der Waals surface area contributed by atoms with Gasteiger partial charge in [-0.1, -0.05) is 17.7 Å². The molecule has 0 radical (unpaired) electrons. The molecule has 0 atom stereocenters. The zero-order valence-corrected chi connectivity index (χ0v) is 13.7. The summed E-state index contributed by atoms with van der Waals surface area (Å²) in [5, 5.41) is 5.63. The smallest absolute Gasteiger partial charge is 0.317 e. The highest BCUT2D eigenvalue weighted by atomic mass is 16.2. The van der Waals surface area contributed by atoms with E-state index in [9.17, 15) is 9.59 Å². The van der Waals surface area contributed by atoms with Crippen LogP contribution in [0.2, 0.25) is 0 Å². The Morgan fingerprint density at radius 2 is 1.67 bits per heavy atom. The number of hydrogen-bond donors (Lipinski definition) is 2. The third-order valence-corrected chi connectivity index (χ3v) is 3.08. The number of aryl methyl sites for hydroxylation is 3. The molecule has 1 aromatic rings. The normalized spacial score (nSPS) is 10.4. The van der Waals surface area contributed by atoms with E-state index in [1.54, 1.807) is 7.05 Å². The van der Waals surface area contributed by atoms with E-state index in [-0.39, 0.29) is 24.5 Å². The van der Waals surface area contributed by atoms with Crippen molar-refractivity contribution in [3.05, 3.63) is 28.8 Å². The second-order valence-corrected chi connectivity index (χ2v) is 5.78. The molecule has 0 saturated heterocycles. The van der Waals surface area contributed by atoms with Gasteiger partial charge in [-0.05, 0) is 45.7 Å². The average Bonchev–Trinajstić information content (AvgIpc) is 2.32. The highest BCUT2D eigenvalue weighted by Gasteiger charge is 2.15. The standard InChI is InChI=1S/C16H25N3O2/c1-10(2)17-16(21)19(6)9-14(20)18-15-12(4)7-11(3)8-13(15)5/h7-8,10H,9H2,1-6H3,(H,17,21)(H,18,20). The molecule has 0 aliphatic rings. The van der Waals surface area contributed by atoms with Crippen molar-refractivity contribution in [1.82, 2.24) is 10.2 Å². The molecule has 0 aliphatic carbocycles. The van der Waals surface area contributed by atoms with E-state index in [1.807, 2.05) is 46.8 Å². The van der Waals surface area contributed by atoms with Gasteiger partial charge in [-0.2, -0.15) is 0 Å². The molecule has 0 saturated carbocycles. The largest absolute Gasteiger partial charge is 0.336 e. The summed E-state index contributed by atoms with van der Waals surface area (Å²) in [4.78, 5) is 25.2. The first-order chi connectivity index (χ1) is 9.70. The average molecular weight is 291 g/mol. The second kappa shape index (κ2) is 7.11. The number of likely N-dealkylation sites (N-methyl/N-ethyl adjacent to an activating group) is 1. The molecule has 0 bridgehead atoms. The first kappa shape index (κ1) is 17.0. The number of benzene rings is 1. The fourth-order valence-electron chi connectivity index (χ4n) is 2.20. The van der Waals surface area contributed by atoms with Crippen molar-refractivity contribution >= 4 is 17.6 Å². The zero-order valence-electron chi connectivity index (χ0n) is 13.7. The molecule has 3 amide bonds. The van der Waals surface area contributed by atoms with Crippen molar-refractivity contribution in [2.45, 2.75) is 40.7 Å². The molecule has 116 valence electrons. The van der Waals surface area contributed by atoms with E-state index in [0.29, 0.717) is 0 Å². The quantitative estimate of drug-likeness (QED) is 0.895. The van der Waals surface area contributed by atoms with Gasteiger partial charge in [-0.15, -0.1) is 0 Å².